The van der Waals surface area contributed by atoms with Crippen LogP contribution in [0.25, 0.3) is 0 Å². The number of carbonyl (C=O) groups is 1. The highest BCUT2D eigenvalue weighted by Crippen LogP contribution is 2.22. The average Bonchev–Trinajstić information content (AvgIpc) is 2.96. The summed E-state index contributed by atoms with van der Waals surface area (Å²) in [5.74, 6) is 0.480. The maximum Gasteiger partial charge on any atom is 0.240 e. The normalized spacial score (nSPS) is 21.6. The number of halogens is 1. The van der Waals surface area contributed by atoms with Crippen LogP contribution in [0.5, 0.6) is 0 Å². The number of rotatable bonds is 7. The first-order valence-electron chi connectivity index (χ1n) is 8.78. The number of nitrogens with two attached hydrogens (primary N) is 1. The van der Waals surface area contributed by atoms with Crippen LogP contribution in [0.15, 0.2) is 30.3 Å². The van der Waals surface area contributed by atoms with Crippen molar-refractivity contribution in [2.45, 2.75) is 58.2 Å². The average molecular weight is 354 g/mol. The molecule has 1 saturated heterocycles. The first-order chi connectivity index (χ1) is 10.9. The van der Waals surface area contributed by atoms with E-state index in [0.29, 0.717) is 5.92 Å². The number of carbonyl (C=O) groups excluding carboxylic acids is 1. The number of nitrogens with zero attached hydrogens (tertiary/aromatic N) is 1. The fourth-order valence-electron chi connectivity index (χ4n) is 3.38. The Morgan fingerprint density at radius 3 is 2.71 bits per heavy atom. The molecule has 136 valence electrons. The van der Waals surface area contributed by atoms with Gasteiger partial charge < -0.3 is 11.1 Å². The standard InChI is InChI=1S/C19H31N3O.ClH/c1-4-11-19(3,20)18(23)21-15(2)17-10-12-22(14-17)13-16-8-6-5-7-9-16;/h5-9,15,17H,4,10-14,20H2,1-3H3,(H,21,23);1H. The van der Waals surface area contributed by atoms with Crippen molar-refractivity contribution in [1.82, 2.24) is 10.2 Å². The lowest BCUT2D eigenvalue weighted by atomic mass is 9.94. The van der Waals surface area contributed by atoms with Crippen LogP contribution in [0.3, 0.4) is 0 Å². The van der Waals surface area contributed by atoms with Gasteiger partial charge >= 0.3 is 0 Å². The summed E-state index contributed by atoms with van der Waals surface area (Å²) < 4.78 is 0. The third-order valence-corrected chi connectivity index (χ3v) is 4.91. The molecular formula is C19H32ClN3O. The Bertz CT molecular complexity index is 507. The van der Waals surface area contributed by atoms with Crippen molar-refractivity contribution in [3.05, 3.63) is 35.9 Å². The van der Waals surface area contributed by atoms with Crippen molar-refractivity contribution in [2.75, 3.05) is 13.1 Å². The van der Waals surface area contributed by atoms with E-state index in [1.165, 1.54) is 5.56 Å². The van der Waals surface area contributed by atoms with Crippen molar-refractivity contribution in [3.63, 3.8) is 0 Å². The molecule has 1 aromatic carbocycles. The number of likely N-dealkylation sites (tertiary alicyclic amines) is 1. The number of benzene rings is 1. The summed E-state index contributed by atoms with van der Waals surface area (Å²) in [5, 5.41) is 3.14. The summed E-state index contributed by atoms with van der Waals surface area (Å²) in [6, 6.07) is 10.7. The van der Waals surface area contributed by atoms with Gasteiger partial charge in [0, 0.05) is 19.1 Å². The van der Waals surface area contributed by atoms with Gasteiger partial charge in [0.1, 0.15) is 0 Å². The maximum absolute atomic E-state index is 12.3. The summed E-state index contributed by atoms with van der Waals surface area (Å²) in [4.78, 5) is 14.8. The molecule has 0 spiro atoms. The number of amides is 1. The van der Waals surface area contributed by atoms with Gasteiger partial charge in [-0.2, -0.15) is 0 Å². The highest BCUT2D eigenvalue weighted by atomic mass is 35.5. The Morgan fingerprint density at radius 2 is 2.08 bits per heavy atom. The van der Waals surface area contributed by atoms with Gasteiger partial charge in [-0.25, -0.2) is 0 Å². The third-order valence-electron chi connectivity index (χ3n) is 4.91. The van der Waals surface area contributed by atoms with Gasteiger partial charge in [-0.15, -0.1) is 12.4 Å². The van der Waals surface area contributed by atoms with Crippen molar-refractivity contribution in [1.29, 1.82) is 0 Å². The minimum atomic E-state index is -0.759. The van der Waals surface area contributed by atoms with Crippen molar-refractivity contribution in [3.8, 4) is 0 Å². The molecule has 4 nitrogen and oxygen atoms in total. The molecule has 1 amide bonds. The molecule has 3 N–H and O–H groups in total. The van der Waals surface area contributed by atoms with Crippen LogP contribution in [-0.2, 0) is 11.3 Å². The topological polar surface area (TPSA) is 58.4 Å². The Balaban J connectivity index is 0.00000288. The highest BCUT2D eigenvalue weighted by Gasteiger charge is 2.32. The molecule has 0 aliphatic carbocycles. The largest absolute Gasteiger partial charge is 0.352 e. The smallest absolute Gasteiger partial charge is 0.240 e. The Labute approximate surface area is 152 Å². The maximum atomic E-state index is 12.3. The minimum Gasteiger partial charge on any atom is -0.352 e. The molecule has 5 heteroatoms. The first-order valence-corrected chi connectivity index (χ1v) is 8.78. The molecule has 3 unspecified atom stereocenters. The van der Waals surface area contributed by atoms with Crippen LogP contribution in [0.1, 0.15) is 45.6 Å². The van der Waals surface area contributed by atoms with Gasteiger partial charge in [0.05, 0.1) is 5.54 Å². The number of nitrogens with one attached hydrogen (secondary N) is 1. The second kappa shape index (κ2) is 9.40. The quantitative estimate of drug-likeness (QED) is 0.792. The third kappa shape index (κ3) is 5.76. The Hall–Kier alpha value is -1.10. The molecule has 1 heterocycles. The zero-order valence-corrected chi connectivity index (χ0v) is 15.9. The monoisotopic (exact) mass is 353 g/mol. The van der Waals surface area contributed by atoms with E-state index in [-0.39, 0.29) is 24.4 Å². The molecule has 2 rings (SSSR count). The summed E-state index contributed by atoms with van der Waals surface area (Å²) in [6.07, 6.45) is 2.77. The van der Waals surface area contributed by atoms with Crippen LogP contribution >= 0.6 is 12.4 Å². The summed E-state index contributed by atoms with van der Waals surface area (Å²) >= 11 is 0. The number of hydrogen-bond donors (Lipinski definition) is 2. The molecule has 0 radical (unpaired) electrons. The van der Waals surface area contributed by atoms with Gasteiger partial charge in [0.2, 0.25) is 5.91 Å². The van der Waals surface area contributed by atoms with Gasteiger partial charge in [-0.05, 0) is 44.7 Å². The second-order valence-corrected chi connectivity index (χ2v) is 7.20. The SMILES string of the molecule is CCCC(C)(N)C(=O)NC(C)C1CCN(Cc2ccccc2)C1.Cl. The molecular weight excluding hydrogens is 322 g/mol. The van der Waals surface area contributed by atoms with E-state index in [4.69, 9.17) is 5.73 Å². The Kier molecular flexibility index (Phi) is 8.20. The predicted octanol–water partition coefficient (Wildman–Crippen LogP) is 2.95. The summed E-state index contributed by atoms with van der Waals surface area (Å²) in [5.41, 5.74) is 6.72. The van der Waals surface area contributed by atoms with Crippen LogP contribution in [0.2, 0.25) is 0 Å². The van der Waals surface area contributed by atoms with Crippen molar-refractivity contribution < 1.29 is 4.79 Å². The van der Waals surface area contributed by atoms with Gasteiger partial charge in [-0.3, -0.25) is 9.69 Å². The zero-order valence-electron chi connectivity index (χ0n) is 15.1. The lowest BCUT2D eigenvalue weighted by molar-refractivity contribution is -0.127. The second-order valence-electron chi connectivity index (χ2n) is 7.20. The van der Waals surface area contributed by atoms with Crippen molar-refractivity contribution in [2.24, 2.45) is 11.7 Å². The molecule has 1 aliphatic heterocycles. The molecule has 1 fully saturated rings. The highest BCUT2D eigenvalue weighted by molar-refractivity contribution is 5.86. The molecule has 1 aliphatic rings. The fraction of sp³-hybridized carbons (Fsp3) is 0.632. The lowest BCUT2D eigenvalue weighted by Crippen LogP contribution is -2.55. The molecule has 0 saturated carbocycles. The molecule has 3 atom stereocenters. The van der Waals surface area contributed by atoms with E-state index in [2.05, 4.69) is 48.3 Å². The zero-order chi connectivity index (χ0) is 16.9. The van der Waals surface area contributed by atoms with E-state index in [0.717, 1.165) is 38.9 Å². The van der Waals surface area contributed by atoms with Crippen molar-refractivity contribution >= 4 is 18.3 Å². The number of hydrogen-bond acceptors (Lipinski definition) is 3. The van der Waals surface area contributed by atoms with E-state index < -0.39 is 5.54 Å². The summed E-state index contributed by atoms with van der Waals surface area (Å²) in [7, 11) is 0. The van der Waals surface area contributed by atoms with E-state index >= 15 is 0 Å². The predicted molar refractivity (Wildman–Crippen MR) is 102 cm³/mol. The van der Waals surface area contributed by atoms with Crippen LogP contribution in [-0.4, -0.2) is 35.5 Å². The van der Waals surface area contributed by atoms with Crippen LogP contribution in [0.4, 0.5) is 0 Å². The first kappa shape index (κ1) is 20.9. The molecule has 24 heavy (non-hydrogen) atoms. The fourth-order valence-corrected chi connectivity index (χ4v) is 3.38. The van der Waals surface area contributed by atoms with Gasteiger partial charge in [-0.1, -0.05) is 43.7 Å². The summed E-state index contributed by atoms with van der Waals surface area (Å²) in [6.45, 7) is 9.11. The molecule has 1 aromatic rings. The van der Waals surface area contributed by atoms with Crippen LogP contribution in [0, 0.1) is 5.92 Å². The minimum absolute atomic E-state index is 0. The molecule has 0 aromatic heterocycles. The lowest BCUT2D eigenvalue weighted by Gasteiger charge is -2.28. The molecule has 0 bridgehead atoms. The Morgan fingerprint density at radius 1 is 1.42 bits per heavy atom. The van der Waals surface area contributed by atoms with E-state index in [1.54, 1.807) is 0 Å². The van der Waals surface area contributed by atoms with Gasteiger partial charge in [0.25, 0.3) is 0 Å². The van der Waals surface area contributed by atoms with E-state index in [9.17, 15) is 4.79 Å². The van der Waals surface area contributed by atoms with Gasteiger partial charge in [0.15, 0.2) is 0 Å². The van der Waals surface area contributed by atoms with E-state index in [1.807, 2.05) is 13.0 Å². The van der Waals surface area contributed by atoms with Crippen LogP contribution < -0.4 is 11.1 Å².